The average Bonchev–Trinajstić information content (AvgIpc) is 2.47. The van der Waals surface area contributed by atoms with Gasteiger partial charge in [0.2, 0.25) is 0 Å². The van der Waals surface area contributed by atoms with Gasteiger partial charge < -0.3 is 15.2 Å². The molecule has 2 atom stereocenters. The van der Waals surface area contributed by atoms with Gasteiger partial charge in [0.05, 0.1) is 6.10 Å². The Labute approximate surface area is 117 Å². The molecule has 2 N–H and O–H groups in total. The Bertz CT molecular complexity index is 504. The lowest BCUT2D eigenvalue weighted by Crippen LogP contribution is -2.42. The number of aromatic nitrogens is 1. The van der Waals surface area contributed by atoms with Crippen molar-refractivity contribution in [3.05, 3.63) is 29.6 Å². The van der Waals surface area contributed by atoms with Crippen molar-refractivity contribution in [2.75, 3.05) is 6.61 Å². The molecule has 2 unspecified atom stereocenters. The van der Waals surface area contributed by atoms with Crippen LogP contribution in [0.1, 0.15) is 47.2 Å². The molecule has 0 aliphatic carbocycles. The van der Waals surface area contributed by atoms with Crippen molar-refractivity contribution in [3.63, 3.8) is 0 Å². The number of nitrogens with one attached hydrogen (secondary N) is 1. The van der Waals surface area contributed by atoms with Crippen LogP contribution in [0.2, 0.25) is 0 Å². The lowest BCUT2D eigenvalue weighted by molar-refractivity contribution is 0.000587. The predicted octanol–water partition coefficient (Wildman–Crippen LogP) is 1.47. The van der Waals surface area contributed by atoms with Gasteiger partial charge in [-0.1, -0.05) is 13.0 Å². The molecule has 1 fully saturated rings. The normalized spacial score (nSPS) is 22.2. The summed E-state index contributed by atoms with van der Waals surface area (Å²) in [5.74, 6) is -1.48. The topological polar surface area (TPSA) is 88.5 Å². The van der Waals surface area contributed by atoms with Crippen molar-refractivity contribution in [2.24, 2.45) is 0 Å². The third-order valence-electron chi connectivity index (χ3n) is 3.36. The zero-order valence-corrected chi connectivity index (χ0v) is 11.3. The third-order valence-corrected chi connectivity index (χ3v) is 3.36. The van der Waals surface area contributed by atoms with E-state index in [0.29, 0.717) is 6.61 Å². The quantitative estimate of drug-likeness (QED) is 0.870. The summed E-state index contributed by atoms with van der Waals surface area (Å²) in [7, 11) is 0. The van der Waals surface area contributed by atoms with Crippen molar-refractivity contribution in [1.82, 2.24) is 10.3 Å². The number of hydrogen-bond acceptors (Lipinski definition) is 4. The van der Waals surface area contributed by atoms with Crippen LogP contribution in [-0.2, 0) is 4.74 Å². The Hall–Kier alpha value is -1.95. The van der Waals surface area contributed by atoms with E-state index < -0.39 is 5.97 Å². The van der Waals surface area contributed by atoms with Crippen LogP contribution in [0.25, 0.3) is 0 Å². The highest BCUT2D eigenvalue weighted by molar-refractivity contribution is 5.94. The number of pyridine rings is 1. The van der Waals surface area contributed by atoms with Crippen LogP contribution in [0, 0.1) is 0 Å². The van der Waals surface area contributed by atoms with Gasteiger partial charge in [0.25, 0.3) is 5.91 Å². The molecule has 0 bridgehead atoms. The van der Waals surface area contributed by atoms with Gasteiger partial charge in [0.15, 0.2) is 0 Å². The molecule has 0 saturated carbocycles. The molecule has 1 saturated heterocycles. The lowest BCUT2D eigenvalue weighted by Gasteiger charge is -2.29. The van der Waals surface area contributed by atoms with E-state index in [2.05, 4.69) is 10.3 Å². The van der Waals surface area contributed by atoms with Gasteiger partial charge in [-0.05, 0) is 31.4 Å². The highest BCUT2D eigenvalue weighted by atomic mass is 16.5. The number of aromatic carboxylic acids is 1. The maximum Gasteiger partial charge on any atom is 0.354 e. The molecule has 0 radical (unpaired) electrons. The fourth-order valence-corrected chi connectivity index (χ4v) is 2.24. The first kappa shape index (κ1) is 14.5. The third kappa shape index (κ3) is 3.54. The fraction of sp³-hybridized carbons (Fsp3) is 0.500. The molecule has 1 aliphatic heterocycles. The van der Waals surface area contributed by atoms with E-state index in [1.54, 1.807) is 0 Å². The maximum absolute atomic E-state index is 12.1. The summed E-state index contributed by atoms with van der Waals surface area (Å²) < 4.78 is 5.55. The summed E-state index contributed by atoms with van der Waals surface area (Å²) in [6.45, 7) is 2.68. The van der Waals surface area contributed by atoms with Crippen LogP contribution in [0.4, 0.5) is 0 Å². The van der Waals surface area contributed by atoms with Gasteiger partial charge >= 0.3 is 5.97 Å². The number of carbonyl (C=O) groups is 2. The average molecular weight is 278 g/mol. The molecule has 2 rings (SSSR count). The van der Waals surface area contributed by atoms with Crippen molar-refractivity contribution >= 4 is 11.9 Å². The summed E-state index contributed by atoms with van der Waals surface area (Å²) >= 11 is 0. The highest BCUT2D eigenvalue weighted by Gasteiger charge is 2.23. The number of hydrogen-bond donors (Lipinski definition) is 2. The van der Waals surface area contributed by atoms with E-state index in [1.165, 1.54) is 18.2 Å². The lowest BCUT2D eigenvalue weighted by atomic mass is 10.0. The zero-order valence-electron chi connectivity index (χ0n) is 11.3. The molecule has 2 heterocycles. The molecule has 6 heteroatoms. The zero-order chi connectivity index (χ0) is 14.5. The van der Waals surface area contributed by atoms with E-state index in [-0.39, 0.29) is 29.4 Å². The second-order valence-corrected chi connectivity index (χ2v) is 4.81. The monoisotopic (exact) mass is 278 g/mol. The number of carboxylic acids is 1. The standard InChI is InChI=1S/C14H18N2O4/c1-2-10-8-9(6-7-20-10)15-13(17)11-4-3-5-12(16-11)14(18)19/h3-5,9-10H,2,6-8H2,1H3,(H,15,17)(H,18,19). The largest absolute Gasteiger partial charge is 0.477 e. The molecule has 20 heavy (non-hydrogen) atoms. The summed E-state index contributed by atoms with van der Waals surface area (Å²) in [6.07, 6.45) is 2.63. The smallest absolute Gasteiger partial charge is 0.354 e. The second kappa shape index (κ2) is 6.47. The Balaban J connectivity index is 2.01. The maximum atomic E-state index is 12.1. The van der Waals surface area contributed by atoms with E-state index in [1.807, 2.05) is 6.92 Å². The SMILES string of the molecule is CCC1CC(NC(=O)c2cccc(C(=O)O)n2)CCO1. The molecule has 1 aliphatic rings. The molecule has 108 valence electrons. The van der Waals surface area contributed by atoms with Gasteiger partial charge in [-0.15, -0.1) is 0 Å². The van der Waals surface area contributed by atoms with E-state index >= 15 is 0 Å². The molecule has 1 amide bonds. The Kier molecular flexibility index (Phi) is 4.68. The fourth-order valence-electron chi connectivity index (χ4n) is 2.24. The molecule has 1 aromatic heterocycles. The van der Waals surface area contributed by atoms with Gasteiger partial charge in [-0.25, -0.2) is 9.78 Å². The van der Waals surface area contributed by atoms with Crippen LogP contribution in [0.15, 0.2) is 18.2 Å². The number of amides is 1. The molecule has 0 aromatic carbocycles. The van der Waals surface area contributed by atoms with Crippen LogP contribution >= 0.6 is 0 Å². The molecular weight excluding hydrogens is 260 g/mol. The number of carboxylic acid groups (broad SMARTS) is 1. The molecule has 0 spiro atoms. The van der Waals surface area contributed by atoms with E-state index in [4.69, 9.17) is 9.84 Å². The first-order valence-corrected chi connectivity index (χ1v) is 6.73. The van der Waals surface area contributed by atoms with E-state index in [0.717, 1.165) is 19.3 Å². The molecular formula is C14H18N2O4. The van der Waals surface area contributed by atoms with E-state index in [9.17, 15) is 9.59 Å². The number of ether oxygens (including phenoxy) is 1. The number of nitrogens with zero attached hydrogens (tertiary/aromatic N) is 1. The van der Waals surface area contributed by atoms with Crippen LogP contribution < -0.4 is 5.32 Å². The van der Waals surface area contributed by atoms with Crippen molar-refractivity contribution in [3.8, 4) is 0 Å². The van der Waals surface area contributed by atoms with Crippen LogP contribution in [-0.4, -0.2) is 40.7 Å². The van der Waals surface area contributed by atoms with Crippen molar-refractivity contribution in [1.29, 1.82) is 0 Å². The minimum absolute atomic E-state index is 0.0523. The minimum Gasteiger partial charge on any atom is -0.477 e. The Morgan fingerprint density at radius 3 is 2.90 bits per heavy atom. The van der Waals surface area contributed by atoms with Crippen LogP contribution in [0.5, 0.6) is 0 Å². The highest BCUT2D eigenvalue weighted by Crippen LogP contribution is 2.16. The molecule has 1 aromatic rings. The summed E-state index contributed by atoms with van der Waals surface area (Å²) in [5.41, 5.74) is 0.000465. The number of rotatable bonds is 4. The van der Waals surface area contributed by atoms with Crippen molar-refractivity contribution < 1.29 is 19.4 Å². The first-order chi connectivity index (χ1) is 9.60. The Morgan fingerprint density at radius 2 is 2.20 bits per heavy atom. The van der Waals surface area contributed by atoms with Crippen LogP contribution in [0.3, 0.4) is 0 Å². The summed E-state index contributed by atoms with van der Waals surface area (Å²) in [6, 6.07) is 4.44. The summed E-state index contributed by atoms with van der Waals surface area (Å²) in [4.78, 5) is 26.7. The van der Waals surface area contributed by atoms with Crippen molar-refractivity contribution in [2.45, 2.75) is 38.3 Å². The van der Waals surface area contributed by atoms with Gasteiger partial charge in [-0.2, -0.15) is 0 Å². The minimum atomic E-state index is -1.14. The first-order valence-electron chi connectivity index (χ1n) is 6.73. The Morgan fingerprint density at radius 1 is 1.45 bits per heavy atom. The summed E-state index contributed by atoms with van der Waals surface area (Å²) in [5, 5.41) is 11.8. The second-order valence-electron chi connectivity index (χ2n) is 4.81. The number of carbonyl (C=O) groups excluding carboxylic acids is 1. The van der Waals surface area contributed by atoms with Gasteiger partial charge in [-0.3, -0.25) is 4.79 Å². The molecule has 6 nitrogen and oxygen atoms in total. The predicted molar refractivity (Wildman–Crippen MR) is 71.7 cm³/mol. The van der Waals surface area contributed by atoms with Gasteiger partial charge in [0.1, 0.15) is 11.4 Å². The van der Waals surface area contributed by atoms with Gasteiger partial charge in [0, 0.05) is 12.6 Å².